The van der Waals surface area contributed by atoms with Crippen molar-refractivity contribution in [1.82, 2.24) is 9.80 Å². The maximum atomic E-state index is 12.1. The molecule has 2 amide bonds. The second-order valence-corrected chi connectivity index (χ2v) is 8.63. The molecule has 18 heavy (non-hydrogen) atoms. The molecular formula is C11H11ClN2O2STe. The molecule has 1 fully saturated rings. The number of carbonyl (C=O) groups excluding carboxylic acids is 2. The van der Waals surface area contributed by atoms with Gasteiger partial charge in [-0.1, -0.05) is 0 Å². The molecule has 1 aliphatic heterocycles. The Morgan fingerprint density at radius 2 is 1.83 bits per heavy atom. The van der Waals surface area contributed by atoms with Gasteiger partial charge in [0.15, 0.2) is 0 Å². The van der Waals surface area contributed by atoms with E-state index >= 15 is 0 Å². The third-order valence-electron chi connectivity index (χ3n) is 2.67. The first-order valence-corrected chi connectivity index (χ1v) is 8.33. The summed E-state index contributed by atoms with van der Waals surface area (Å²) < 4.78 is 1.82. The maximum absolute atomic E-state index is 12.1. The molecule has 4 nitrogen and oxygen atoms in total. The Bertz CT molecular complexity index is 519. The Balaban J connectivity index is 2.40. The first-order valence-electron chi connectivity index (χ1n) is 5.11. The minimum atomic E-state index is -0.624. The molecule has 0 radical (unpaired) electrons. The van der Waals surface area contributed by atoms with Gasteiger partial charge in [-0.25, -0.2) is 0 Å². The summed E-state index contributed by atoms with van der Waals surface area (Å²) in [5.41, 5.74) is -0.334. The number of likely N-dealkylation sites (N-methyl/N-ethyl adjacent to an activating group) is 2. The van der Waals surface area contributed by atoms with Crippen LogP contribution in [0.5, 0.6) is 0 Å². The average molecular weight is 398 g/mol. The molecule has 1 aliphatic rings. The molecule has 0 N–H and O–H groups in total. The third kappa shape index (κ3) is 2.48. The summed E-state index contributed by atoms with van der Waals surface area (Å²) in [6.45, 7) is 0. The van der Waals surface area contributed by atoms with Crippen molar-refractivity contribution in [2.45, 2.75) is 5.50 Å². The van der Waals surface area contributed by atoms with E-state index in [1.54, 1.807) is 20.2 Å². The van der Waals surface area contributed by atoms with Crippen LogP contribution in [-0.2, 0) is 9.59 Å². The molecule has 0 saturated carbocycles. The van der Waals surface area contributed by atoms with Crippen molar-refractivity contribution >= 4 is 62.6 Å². The van der Waals surface area contributed by atoms with Crippen LogP contribution in [0.4, 0.5) is 0 Å². The fraction of sp³-hybridized carbons (Fsp3) is 0.273. The Labute approximate surface area is 125 Å². The zero-order valence-corrected chi connectivity index (χ0v) is 13.7. The van der Waals surface area contributed by atoms with Crippen molar-refractivity contribution in [2.24, 2.45) is 0 Å². The number of amides is 2. The van der Waals surface area contributed by atoms with E-state index in [1.165, 1.54) is 9.80 Å². The molecule has 0 aromatic carbocycles. The number of carbonyl (C=O) groups is 2. The Morgan fingerprint density at radius 3 is 2.28 bits per heavy atom. The van der Waals surface area contributed by atoms with Crippen molar-refractivity contribution < 1.29 is 9.59 Å². The van der Waals surface area contributed by atoms with Gasteiger partial charge in [-0.3, -0.25) is 0 Å². The molecule has 0 atom stereocenters. The van der Waals surface area contributed by atoms with Crippen LogP contribution in [0.1, 0.15) is 3.58 Å². The first kappa shape index (κ1) is 14.0. The van der Waals surface area contributed by atoms with E-state index in [0.717, 1.165) is 6.62 Å². The fourth-order valence-corrected chi connectivity index (χ4v) is 4.41. The topological polar surface area (TPSA) is 40.6 Å². The van der Waals surface area contributed by atoms with Gasteiger partial charge < -0.3 is 0 Å². The Morgan fingerprint density at radius 1 is 1.28 bits per heavy atom. The molecule has 96 valence electrons. The molecule has 2 rings (SSSR count). The van der Waals surface area contributed by atoms with Crippen LogP contribution >= 0.6 is 24.2 Å². The number of hydrogen-bond acceptors (Lipinski definition) is 3. The normalized spacial score (nSPS) is 20.7. The van der Waals surface area contributed by atoms with Crippen molar-refractivity contribution in [3.8, 4) is 0 Å². The molecule has 0 spiro atoms. The van der Waals surface area contributed by atoms with Gasteiger partial charge in [-0.15, -0.1) is 0 Å². The summed E-state index contributed by atoms with van der Waals surface area (Å²) in [6, 6.07) is 3.69. The van der Waals surface area contributed by atoms with E-state index in [0.29, 0.717) is 0 Å². The number of nitrogens with zero attached hydrogens (tertiary/aromatic N) is 2. The van der Waals surface area contributed by atoms with E-state index in [1.807, 2.05) is 12.1 Å². The summed E-state index contributed by atoms with van der Waals surface area (Å²) in [7, 11) is 3.25. The molecule has 2 heterocycles. The molecular weight excluding hydrogens is 387 g/mol. The average Bonchev–Trinajstić information content (AvgIpc) is 2.75. The fourth-order valence-electron chi connectivity index (χ4n) is 1.61. The van der Waals surface area contributed by atoms with E-state index in [2.05, 4.69) is 12.6 Å². The zero-order chi connectivity index (χ0) is 13.4. The SMILES string of the molecule is CN1C(=O)C(=Cc2ccc(Cl)[te]2)C(=O)N(C)C1S. The Kier molecular flexibility index (Phi) is 4.12. The summed E-state index contributed by atoms with van der Waals surface area (Å²) in [5, 5.41) is 0. The van der Waals surface area contributed by atoms with Gasteiger partial charge in [0.25, 0.3) is 0 Å². The third-order valence-corrected chi connectivity index (χ3v) is 6.35. The van der Waals surface area contributed by atoms with E-state index in [-0.39, 0.29) is 17.4 Å². The second-order valence-electron chi connectivity index (χ2n) is 3.88. The van der Waals surface area contributed by atoms with Crippen molar-refractivity contribution in [3.63, 3.8) is 0 Å². The van der Waals surface area contributed by atoms with Gasteiger partial charge in [-0.2, -0.15) is 0 Å². The number of thiol groups is 1. The molecule has 0 aliphatic carbocycles. The van der Waals surface area contributed by atoms with Crippen molar-refractivity contribution in [2.75, 3.05) is 14.1 Å². The predicted molar refractivity (Wildman–Crippen MR) is 74.7 cm³/mol. The molecule has 1 aromatic heterocycles. The van der Waals surface area contributed by atoms with E-state index < -0.39 is 25.9 Å². The standard InChI is InChI=1S/C11H11ClN2O2STe/c1-13-9(15)7(10(16)14(2)11(13)17)5-6-3-4-8(12)18-6/h3-5,11,17H,1-2H3. The van der Waals surface area contributed by atoms with Gasteiger partial charge >= 0.3 is 126 Å². The van der Waals surface area contributed by atoms with E-state index in [4.69, 9.17) is 11.6 Å². The molecule has 1 aromatic rings. The first-order chi connectivity index (χ1) is 8.41. The molecule has 0 unspecified atom stereocenters. The number of halogens is 1. The minimum absolute atomic E-state index is 0.182. The summed E-state index contributed by atoms with van der Waals surface area (Å²) in [6.07, 6.45) is 1.66. The van der Waals surface area contributed by atoms with E-state index in [9.17, 15) is 9.59 Å². The van der Waals surface area contributed by atoms with Crippen LogP contribution in [0.25, 0.3) is 6.08 Å². The van der Waals surface area contributed by atoms with Crippen LogP contribution in [0.3, 0.4) is 0 Å². The zero-order valence-electron chi connectivity index (χ0n) is 9.75. The predicted octanol–water partition coefficient (Wildman–Crippen LogP) is 0.924. The quantitative estimate of drug-likeness (QED) is 0.331. The second kappa shape index (κ2) is 5.30. The number of hydrogen-bond donors (Lipinski definition) is 1. The van der Waals surface area contributed by atoms with Crippen LogP contribution in [0, 0.1) is 0 Å². The van der Waals surface area contributed by atoms with Crippen molar-refractivity contribution in [3.05, 3.63) is 24.3 Å². The van der Waals surface area contributed by atoms with Gasteiger partial charge in [0.05, 0.1) is 0 Å². The van der Waals surface area contributed by atoms with Crippen LogP contribution in [0.2, 0.25) is 3.04 Å². The Hall–Kier alpha value is -0.410. The van der Waals surface area contributed by atoms with Gasteiger partial charge in [0.1, 0.15) is 0 Å². The molecule has 1 saturated heterocycles. The molecule has 7 heteroatoms. The summed E-state index contributed by atoms with van der Waals surface area (Å²) >= 11 is 9.51. The van der Waals surface area contributed by atoms with Crippen LogP contribution < -0.4 is 0 Å². The van der Waals surface area contributed by atoms with Crippen LogP contribution in [-0.4, -0.2) is 61.6 Å². The van der Waals surface area contributed by atoms with Crippen molar-refractivity contribution in [1.29, 1.82) is 0 Å². The summed E-state index contributed by atoms with van der Waals surface area (Å²) in [4.78, 5) is 27.0. The van der Waals surface area contributed by atoms with Gasteiger partial charge in [-0.05, 0) is 0 Å². The monoisotopic (exact) mass is 400 g/mol. The van der Waals surface area contributed by atoms with Gasteiger partial charge in [0, 0.05) is 0 Å². The summed E-state index contributed by atoms with van der Waals surface area (Å²) in [5.74, 6) is -0.594. The van der Waals surface area contributed by atoms with Gasteiger partial charge in [0.2, 0.25) is 0 Å². The number of rotatable bonds is 1. The van der Waals surface area contributed by atoms with Crippen LogP contribution in [0.15, 0.2) is 17.7 Å². The molecule has 0 bridgehead atoms.